The van der Waals surface area contributed by atoms with Crippen molar-refractivity contribution < 1.29 is 5.11 Å². The van der Waals surface area contributed by atoms with E-state index in [2.05, 4.69) is 0 Å². The van der Waals surface area contributed by atoms with E-state index >= 15 is 0 Å². The van der Waals surface area contributed by atoms with E-state index < -0.39 is 0 Å². The van der Waals surface area contributed by atoms with Crippen LogP contribution in [-0.2, 0) is 6.61 Å². The molecule has 1 N–H and O–H groups in total. The Balaban J connectivity index is 0.000001000. The minimum atomic E-state index is -0.00444. The minimum Gasteiger partial charge on any atom is -0.392 e. The van der Waals surface area contributed by atoms with Crippen LogP contribution in [-0.4, -0.2) is 5.11 Å². The zero-order valence-corrected chi connectivity index (χ0v) is 6.64. The van der Waals surface area contributed by atoms with Gasteiger partial charge < -0.3 is 5.11 Å². The van der Waals surface area contributed by atoms with Gasteiger partial charge in [-0.2, -0.15) is 5.26 Å². The number of hydrogen-bond acceptors (Lipinski definition) is 2. The van der Waals surface area contributed by atoms with E-state index in [1.54, 1.807) is 24.3 Å². The first-order valence-electron chi connectivity index (χ1n) is 2.96. The first-order valence-corrected chi connectivity index (χ1v) is 2.96. The van der Waals surface area contributed by atoms with Gasteiger partial charge in [0.15, 0.2) is 0 Å². The molecule has 2 nitrogen and oxygen atoms in total. The standard InChI is InChI=1S/C8H7NO.ClH/c9-5-7-2-1-3-8(4-7)6-10;/h1-4,10H,6H2;1H. The van der Waals surface area contributed by atoms with Gasteiger partial charge in [0.25, 0.3) is 0 Å². The number of halogens is 1. The van der Waals surface area contributed by atoms with Gasteiger partial charge in [0.2, 0.25) is 0 Å². The van der Waals surface area contributed by atoms with Gasteiger partial charge in [-0.25, -0.2) is 0 Å². The maximum absolute atomic E-state index is 8.65. The van der Waals surface area contributed by atoms with Crippen LogP contribution in [0.15, 0.2) is 24.3 Å². The summed E-state index contributed by atoms with van der Waals surface area (Å²) in [6.07, 6.45) is 0. The maximum atomic E-state index is 8.65. The zero-order chi connectivity index (χ0) is 7.40. The predicted molar refractivity (Wildman–Crippen MR) is 44.3 cm³/mol. The lowest BCUT2D eigenvalue weighted by atomic mass is 10.1. The summed E-state index contributed by atoms with van der Waals surface area (Å²) >= 11 is 0. The fourth-order valence-corrected chi connectivity index (χ4v) is 0.739. The van der Waals surface area contributed by atoms with Crippen molar-refractivity contribution in [3.8, 4) is 6.07 Å². The van der Waals surface area contributed by atoms with Crippen LogP contribution in [0.25, 0.3) is 0 Å². The van der Waals surface area contributed by atoms with E-state index in [1.807, 2.05) is 6.07 Å². The predicted octanol–water partition coefficient (Wildman–Crippen LogP) is 1.47. The Bertz CT molecular complexity index is 267. The summed E-state index contributed by atoms with van der Waals surface area (Å²) in [4.78, 5) is 0. The SMILES string of the molecule is Cl.N#Cc1cccc(CO)c1. The third-order valence-corrected chi connectivity index (χ3v) is 1.24. The highest BCUT2D eigenvalue weighted by Gasteiger charge is 1.90. The maximum Gasteiger partial charge on any atom is 0.0991 e. The van der Waals surface area contributed by atoms with Crippen molar-refractivity contribution in [1.82, 2.24) is 0 Å². The van der Waals surface area contributed by atoms with Gasteiger partial charge in [0.05, 0.1) is 18.2 Å². The van der Waals surface area contributed by atoms with E-state index in [9.17, 15) is 0 Å². The molecular weight excluding hydrogens is 162 g/mol. The lowest BCUT2D eigenvalue weighted by Gasteiger charge is -1.93. The molecule has 1 aromatic carbocycles. The first-order chi connectivity index (χ1) is 4.86. The molecule has 1 aromatic rings. The first kappa shape index (κ1) is 9.96. The van der Waals surface area contributed by atoms with E-state index in [1.165, 1.54) is 0 Å². The molecular formula is C8H8ClNO. The lowest BCUT2D eigenvalue weighted by molar-refractivity contribution is 0.282. The van der Waals surface area contributed by atoms with Gasteiger partial charge in [-0.1, -0.05) is 12.1 Å². The molecule has 0 heterocycles. The van der Waals surface area contributed by atoms with Gasteiger partial charge in [-0.05, 0) is 17.7 Å². The average Bonchev–Trinajstić information content (AvgIpc) is 2.05. The Labute approximate surface area is 71.5 Å². The summed E-state index contributed by atoms with van der Waals surface area (Å²) in [5.41, 5.74) is 1.37. The van der Waals surface area contributed by atoms with E-state index in [4.69, 9.17) is 10.4 Å². The van der Waals surface area contributed by atoms with Gasteiger partial charge in [0, 0.05) is 0 Å². The molecule has 0 saturated carbocycles. The number of benzene rings is 1. The number of hydrogen-bond donors (Lipinski definition) is 1. The second-order valence-electron chi connectivity index (χ2n) is 1.97. The number of nitrogens with zero attached hydrogens (tertiary/aromatic N) is 1. The van der Waals surface area contributed by atoms with Gasteiger partial charge in [-0.3, -0.25) is 0 Å². The molecule has 0 fully saturated rings. The number of aliphatic hydroxyl groups excluding tert-OH is 1. The summed E-state index contributed by atoms with van der Waals surface area (Å²) < 4.78 is 0. The molecule has 0 amide bonds. The molecule has 0 aliphatic carbocycles. The van der Waals surface area contributed by atoms with Crippen molar-refractivity contribution in [3.63, 3.8) is 0 Å². The monoisotopic (exact) mass is 169 g/mol. The lowest BCUT2D eigenvalue weighted by Crippen LogP contribution is -1.82. The van der Waals surface area contributed by atoms with Crippen molar-refractivity contribution in [2.75, 3.05) is 0 Å². The Hall–Kier alpha value is -1.04. The molecule has 0 bridgehead atoms. The minimum absolute atomic E-state index is 0. The topological polar surface area (TPSA) is 44.0 Å². The highest BCUT2D eigenvalue weighted by molar-refractivity contribution is 5.85. The van der Waals surface area contributed by atoms with Crippen LogP contribution in [0, 0.1) is 11.3 Å². The molecule has 0 atom stereocenters. The Morgan fingerprint density at radius 1 is 1.45 bits per heavy atom. The summed E-state index contributed by atoms with van der Waals surface area (Å²) in [6, 6.07) is 8.90. The van der Waals surface area contributed by atoms with Crippen LogP contribution >= 0.6 is 12.4 Å². The second kappa shape index (κ2) is 4.73. The van der Waals surface area contributed by atoms with Crippen LogP contribution in [0.1, 0.15) is 11.1 Å². The molecule has 0 unspecified atom stereocenters. The fourth-order valence-electron chi connectivity index (χ4n) is 0.739. The van der Waals surface area contributed by atoms with Gasteiger partial charge >= 0.3 is 0 Å². The quantitative estimate of drug-likeness (QED) is 0.692. The fraction of sp³-hybridized carbons (Fsp3) is 0.125. The Kier molecular flexibility index (Phi) is 4.28. The van der Waals surface area contributed by atoms with Crippen molar-refractivity contribution in [2.45, 2.75) is 6.61 Å². The van der Waals surface area contributed by atoms with Crippen LogP contribution in [0.2, 0.25) is 0 Å². The van der Waals surface area contributed by atoms with Gasteiger partial charge in [-0.15, -0.1) is 12.4 Å². The van der Waals surface area contributed by atoms with E-state index in [-0.39, 0.29) is 19.0 Å². The third-order valence-electron chi connectivity index (χ3n) is 1.24. The van der Waals surface area contributed by atoms with Crippen molar-refractivity contribution in [3.05, 3.63) is 35.4 Å². The molecule has 11 heavy (non-hydrogen) atoms. The Morgan fingerprint density at radius 2 is 2.18 bits per heavy atom. The summed E-state index contributed by atoms with van der Waals surface area (Å²) in [5.74, 6) is 0. The summed E-state index contributed by atoms with van der Waals surface area (Å²) in [5, 5.41) is 17.1. The Morgan fingerprint density at radius 3 is 2.73 bits per heavy atom. The number of nitriles is 1. The summed E-state index contributed by atoms with van der Waals surface area (Å²) in [6.45, 7) is -0.00444. The van der Waals surface area contributed by atoms with Crippen LogP contribution in [0.5, 0.6) is 0 Å². The smallest absolute Gasteiger partial charge is 0.0991 e. The van der Waals surface area contributed by atoms with E-state index in [0.717, 1.165) is 5.56 Å². The molecule has 0 radical (unpaired) electrons. The highest BCUT2D eigenvalue weighted by atomic mass is 35.5. The van der Waals surface area contributed by atoms with Gasteiger partial charge in [0.1, 0.15) is 0 Å². The normalized spacial score (nSPS) is 8.00. The van der Waals surface area contributed by atoms with Crippen molar-refractivity contribution in [1.29, 1.82) is 5.26 Å². The molecule has 0 aliphatic rings. The molecule has 0 aromatic heterocycles. The summed E-state index contributed by atoms with van der Waals surface area (Å²) in [7, 11) is 0. The number of rotatable bonds is 1. The molecule has 0 saturated heterocycles. The molecule has 58 valence electrons. The molecule has 3 heteroatoms. The van der Waals surface area contributed by atoms with Crippen LogP contribution in [0.4, 0.5) is 0 Å². The highest BCUT2D eigenvalue weighted by Crippen LogP contribution is 2.02. The van der Waals surface area contributed by atoms with Crippen molar-refractivity contribution >= 4 is 12.4 Å². The van der Waals surface area contributed by atoms with E-state index in [0.29, 0.717) is 5.56 Å². The molecule has 0 spiro atoms. The second-order valence-corrected chi connectivity index (χ2v) is 1.97. The average molecular weight is 170 g/mol. The molecule has 1 rings (SSSR count). The van der Waals surface area contributed by atoms with Crippen LogP contribution < -0.4 is 0 Å². The number of aliphatic hydroxyl groups is 1. The van der Waals surface area contributed by atoms with Crippen LogP contribution in [0.3, 0.4) is 0 Å². The zero-order valence-electron chi connectivity index (χ0n) is 5.82. The third kappa shape index (κ3) is 2.58. The molecule has 0 aliphatic heterocycles. The largest absolute Gasteiger partial charge is 0.392 e. The van der Waals surface area contributed by atoms with Crippen molar-refractivity contribution in [2.24, 2.45) is 0 Å².